The Labute approximate surface area is 161 Å². The summed E-state index contributed by atoms with van der Waals surface area (Å²) in [6, 6.07) is 9.46. The number of carbonyl (C=O) groups is 3. The number of amides is 2. The van der Waals surface area contributed by atoms with Gasteiger partial charge in [0.05, 0.1) is 0 Å². The van der Waals surface area contributed by atoms with E-state index in [1.165, 1.54) is 24.3 Å². The fraction of sp³-hybridized carbons (Fsp3) is 0.211. The van der Waals surface area contributed by atoms with E-state index in [0.29, 0.717) is 22.0 Å². The van der Waals surface area contributed by atoms with Crippen LogP contribution in [0.25, 0.3) is 0 Å². The summed E-state index contributed by atoms with van der Waals surface area (Å²) < 4.78 is 10.3. The number of nitrogens with two attached hydrogens (primary N) is 1. The van der Waals surface area contributed by atoms with Crippen molar-refractivity contribution in [2.45, 2.75) is 13.8 Å². The normalized spacial score (nSPS) is 10.2. The van der Waals surface area contributed by atoms with Crippen molar-refractivity contribution in [1.82, 2.24) is 0 Å². The first-order chi connectivity index (χ1) is 12.8. The molecule has 0 atom stereocenters. The van der Waals surface area contributed by atoms with E-state index in [1.807, 2.05) is 13.8 Å². The van der Waals surface area contributed by atoms with Gasteiger partial charge in [0.2, 0.25) is 5.91 Å². The third kappa shape index (κ3) is 6.00. The minimum Gasteiger partial charge on any atom is -0.481 e. The summed E-state index contributed by atoms with van der Waals surface area (Å²) in [4.78, 5) is 34.6. The standard InChI is InChI=1S/C19H19ClN2O5/c1-11-7-14(20)8-12(2)18(11)27-10-17(24)26-9-16(23)22-15-5-3-13(4-6-15)19(21)25/h3-8H,9-10H2,1-2H3,(H2,21,25)(H,22,23). The molecule has 0 heterocycles. The Morgan fingerprint density at radius 2 is 1.63 bits per heavy atom. The van der Waals surface area contributed by atoms with Crippen molar-refractivity contribution >= 4 is 35.1 Å². The van der Waals surface area contributed by atoms with Crippen LogP contribution < -0.4 is 15.8 Å². The molecular weight excluding hydrogens is 372 g/mol. The van der Waals surface area contributed by atoms with E-state index in [1.54, 1.807) is 12.1 Å². The van der Waals surface area contributed by atoms with Gasteiger partial charge in [0, 0.05) is 16.3 Å². The van der Waals surface area contributed by atoms with Crippen LogP contribution in [0.5, 0.6) is 5.75 Å². The fourth-order valence-electron chi connectivity index (χ4n) is 2.36. The number of nitrogens with one attached hydrogen (secondary N) is 1. The lowest BCUT2D eigenvalue weighted by molar-refractivity contribution is -0.149. The average Bonchev–Trinajstić information content (AvgIpc) is 2.59. The first-order valence-corrected chi connectivity index (χ1v) is 8.39. The van der Waals surface area contributed by atoms with E-state index in [2.05, 4.69) is 5.32 Å². The summed E-state index contributed by atoms with van der Waals surface area (Å²) >= 11 is 5.95. The van der Waals surface area contributed by atoms with Gasteiger partial charge in [-0.15, -0.1) is 0 Å². The predicted molar refractivity (Wildman–Crippen MR) is 101 cm³/mol. The average molecular weight is 391 g/mol. The largest absolute Gasteiger partial charge is 0.481 e. The quantitative estimate of drug-likeness (QED) is 0.706. The summed E-state index contributed by atoms with van der Waals surface area (Å²) in [6.07, 6.45) is 0. The van der Waals surface area contributed by atoms with Crippen molar-refractivity contribution < 1.29 is 23.9 Å². The molecule has 2 amide bonds. The lowest BCUT2D eigenvalue weighted by Crippen LogP contribution is -2.24. The van der Waals surface area contributed by atoms with Crippen LogP contribution in [0, 0.1) is 13.8 Å². The molecule has 3 N–H and O–H groups in total. The van der Waals surface area contributed by atoms with Crippen LogP contribution in [0.2, 0.25) is 5.02 Å². The molecule has 0 aliphatic heterocycles. The number of esters is 1. The maximum Gasteiger partial charge on any atom is 0.344 e. The minimum atomic E-state index is -0.678. The molecular formula is C19H19ClN2O5. The summed E-state index contributed by atoms with van der Waals surface area (Å²) in [5.74, 6) is -1.21. The van der Waals surface area contributed by atoms with Gasteiger partial charge in [-0.3, -0.25) is 9.59 Å². The maximum absolute atomic E-state index is 11.8. The zero-order chi connectivity index (χ0) is 20.0. The van der Waals surface area contributed by atoms with Gasteiger partial charge < -0.3 is 20.5 Å². The van der Waals surface area contributed by atoms with Crippen LogP contribution in [0.3, 0.4) is 0 Å². The summed E-state index contributed by atoms with van der Waals surface area (Å²) in [7, 11) is 0. The topological polar surface area (TPSA) is 108 Å². The van der Waals surface area contributed by atoms with Crippen molar-refractivity contribution in [2.24, 2.45) is 5.73 Å². The highest BCUT2D eigenvalue weighted by atomic mass is 35.5. The van der Waals surface area contributed by atoms with Crippen LogP contribution in [-0.2, 0) is 14.3 Å². The molecule has 8 heteroatoms. The second-order valence-electron chi connectivity index (χ2n) is 5.81. The molecule has 0 aromatic heterocycles. The highest BCUT2D eigenvalue weighted by molar-refractivity contribution is 6.30. The molecule has 0 spiro atoms. The molecule has 0 saturated carbocycles. The number of hydrogen-bond acceptors (Lipinski definition) is 5. The molecule has 27 heavy (non-hydrogen) atoms. The summed E-state index contributed by atoms with van der Waals surface area (Å²) in [6.45, 7) is 2.84. The molecule has 142 valence electrons. The Balaban J connectivity index is 1.80. The number of benzene rings is 2. The second-order valence-corrected chi connectivity index (χ2v) is 6.24. The lowest BCUT2D eigenvalue weighted by Gasteiger charge is -2.12. The van der Waals surface area contributed by atoms with Gasteiger partial charge in [0.25, 0.3) is 5.91 Å². The van der Waals surface area contributed by atoms with Gasteiger partial charge >= 0.3 is 5.97 Å². The molecule has 0 fully saturated rings. The van der Waals surface area contributed by atoms with E-state index in [0.717, 1.165) is 11.1 Å². The van der Waals surface area contributed by atoms with Crippen molar-refractivity contribution in [1.29, 1.82) is 0 Å². The number of ether oxygens (including phenoxy) is 2. The van der Waals surface area contributed by atoms with Crippen LogP contribution in [0.1, 0.15) is 21.5 Å². The van der Waals surface area contributed by atoms with Crippen molar-refractivity contribution in [3.63, 3.8) is 0 Å². The van der Waals surface area contributed by atoms with Crippen molar-refractivity contribution in [2.75, 3.05) is 18.5 Å². The van der Waals surface area contributed by atoms with Gasteiger partial charge in [0.15, 0.2) is 13.2 Å². The minimum absolute atomic E-state index is 0.323. The molecule has 2 aromatic rings. The first kappa shape index (κ1) is 20.3. The zero-order valence-electron chi connectivity index (χ0n) is 14.9. The molecule has 0 bridgehead atoms. The molecule has 0 aliphatic carbocycles. The number of rotatable bonds is 7. The SMILES string of the molecule is Cc1cc(Cl)cc(C)c1OCC(=O)OCC(=O)Nc1ccc(C(N)=O)cc1. The number of primary amides is 1. The predicted octanol–water partition coefficient (Wildman–Crippen LogP) is 2.62. The molecule has 2 aromatic carbocycles. The van der Waals surface area contributed by atoms with Crippen molar-refractivity contribution in [3.05, 3.63) is 58.1 Å². The van der Waals surface area contributed by atoms with Crippen LogP contribution >= 0.6 is 11.6 Å². The Hall–Kier alpha value is -3.06. The summed E-state index contributed by atoms with van der Waals surface area (Å²) in [5.41, 5.74) is 7.51. The molecule has 0 radical (unpaired) electrons. The second kappa shape index (κ2) is 9.05. The number of aryl methyl sites for hydroxylation is 2. The third-order valence-corrected chi connectivity index (χ3v) is 3.80. The van der Waals surface area contributed by atoms with E-state index in [-0.39, 0.29) is 6.61 Å². The van der Waals surface area contributed by atoms with E-state index >= 15 is 0 Å². The van der Waals surface area contributed by atoms with Gasteiger partial charge in [-0.2, -0.15) is 0 Å². The van der Waals surface area contributed by atoms with Gasteiger partial charge in [-0.05, 0) is 61.4 Å². The van der Waals surface area contributed by atoms with Crippen LogP contribution in [0.15, 0.2) is 36.4 Å². The highest BCUT2D eigenvalue weighted by Crippen LogP contribution is 2.26. The Morgan fingerprint density at radius 3 is 2.19 bits per heavy atom. The van der Waals surface area contributed by atoms with E-state index in [4.69, 9.17) is 26.8 Å². The molecule has 0 aliphatic rings. The Morgan fingerprint density at radius 1 is 1.04 bits per heavy atom. The Bertz CT molecular complexity index is 842. The van der Waals surface area contributed by atoms with Crippen molar-refractivity contribution in [3.8, 4) is 5.75 Å². The maximum atomic E-state index is 11.8. The molecule has 0 saturated heterocycles. The fourth-order valence-corrected chi connectivity index (χ4v) is 2.69. The van der Waals surface area contributed by atoms with Crippen LogP contribution in [-0.4, -0.2) is 31.0 Å². The Kier molecular flexibility index (Phi) is 6.79. The monoisotopic (exact) mass is 390 g/mol. The number of anilines is 1. The summed E-state index contributed by atoms with van der Waals surface area (Å²) in [5, 5.41) is 3.12. The number of carbonyl (C=O) groups excluding carboxylic acids is 3. The first-order valence-electron chi connectivity index (χ1n) is 8.01. The number of hydrogen-bond donors (Lipinski definition) is 2. The molecule has 2 rings (SSSR count). The highest BCUT2D eigenvalue weighted by Gasteiger charge is 2.12. The van der Waals surface area contributed by atoms with Gasteiger partial charge in [-0.1, -0.05) is 11.6 Å². The molecule has 0 unspecified atom stereocenters. The van der Waals surface area contributed by atoms with E-state index in [9.17, 15) is 14.4 Å². The molecule has 7 nitrogen and oxygen atoms in total. The zero-order valence-corrected chi connectivity index (χ0v) is 15.6. The van der Waals surface area contributed by atoms with Gasteiger partial charge in [0.1, 0.15) is 5.75 Å². The lowest BCUT2D eigenvalue weighted by atomic mass is 10.1. The van der Waals surface area contributed by atoms with Crippen LogP contribution in [0.4, 0.5) is 5.69 Å². The van der Waals surface area contributed by atoms with Gasteiger partial charge in [-0.25, -0.2) is 4.79 Å². The number of halogens is 1. The third-order valence-electron chi connectivity index (χ3n) is 3.58. The smallest absolute Gasteiger partial charge is 0.344 e. The van der Waals surface area contributed by atoms with E-state index < -0.39 is 24.4 Å².